The molecule has 1 aliphatic rings. The first-order valence-electron chi connectivity index (χ1n) is 7.37. The van der Waals surface area contributed by atoms with Crippen LogP contribution in [0.2, 0.25) is 0 Å². The molecule has 0 bridgehead atoms. The van der Waals surface area contributed by atoms with Gasteiger partial charge >= 0.3 is 0 Å². The zero-order valence-corrected chi connectivity index (χ0v) is 12.0. The van der Waals surface area contributed by atoms with E-state index in [9.17, 15) is 0 Å². The van der Waals surface area contributed by atoms with Crippen LogP contribution in [-0.2, 0) is 17.7 Å². The number of fused-ring (bicyclic) bond motifs is 1. The van der Waals surface area contributed by atoms with Gasteiger partial charge in [-0.05, 0) is 24.8 Å². The van der Waals surface area contributed by atoms with Crippen LogP contribution in [0.5, 0.6) is 0 Å². The van der Waals surface area contributed by atoms with Crippen LogP contribution in [0.1, 0.15) is 48.7 Å². The molecular formula is C16H21N3O. The molecule has 4 nitrogen and oxygen atoms in total. The van der Waals surface area contributed by atoms with Crippen molar-refractivity contribution in [3.05, 3.63) is 47.3 Å². The van der Waals surface area contributed by atoms with Crippen molar-refractivity contribution < 1.29 is 4.74 Å². The van der Waals surface area contributed by atoms with Crippen molar-refractivity contribution in [1.29, 1.82) is 0 Å². The summed E-state index contributed by atoms with van der Waals surface area (Å²) in [6.45, 7) is 0.767. The summed E-state index contributed by atoms with van der Waals surface area (Å²) in [5.41, 5.74) is 3.54. The van der Waals surface area contributed by atoms with E-state index in [2.05, 4.69) is 34.6 Å². The van der Waals surface area contributed by atoms with Crippen LogP contribution in [0.3, 0.4) is 0 Å². The van der Waals surface area contributed by atoms with Gasteiger partial charge < -0.3 is 4.74 Å². The summed E-state index contributed by atoms with van der Waals surface area (Å²) in [6, 6.07) is 10.4. The Morgan fingerprint density at radius 3 is 2.85 bits per heavy atom. The van der Waals surface area contributed by atoms with Gasteiger partial charge in [-0.3, -0.25) is 0 Å². The van der Waals surface area contributed by atoms with Gasteiger partial charge in [-0.15, -0.1) is 5.10 Å². The van der Waals surface area contributed by atoms with Crippen molar-refractivity contribution in [3.63, 3.8) is 0 Å². The minimum absolute atomic E-state index is 0.129. The van der Waals surface area contributed by atoms with Gasteiger partial charge in [0.05, 0.1) is 17.9 Å². The van der Waals surface area contributed by atoms with Crippen LogP contribution in [-0.4, -0.2) is 22.1 Å². The summed E-state index contributed by atoms with van der Waals surface area (Å²) in [4.78, 5) is 0. The average Bonchev–Trinajstić information content (AvgIpc) is 2.83. The fraction of sp³-hybridized carbons (Fsp3) is 0.500. The van der Waals surface area contributed by atoms with Crippen molar-refractivity contribution in [2.75, 3.05) is 7.11 Å². The van der Waals surface area contributed by atoms with Crippen molar-refractivity contribution in [2.24, 2.45) is 0 Å². The maximum Gasteiger partial charge on any atom is 0.101 e. The van der Waals surface area contributed by atoms with Crippen molar-refractivity contribution >= 4 is 0 Å². The predicted octanol–water partition coefficient (Wildman–Crippen LogP) is 3.13. The van der Waals surface area contributed by atoms with Gasteiger partial charge in [0.25, 0.3) is 0 Å². The molecule has 0 spiro atoms. The van der Waals surface area contributed by atoms with Crippen LogP contribution < -0.4 is 0 Å². The predicted molar refractivity (Wildman–Crippen MR) is 77.5 cm³/mol. The summed E-state index contributed by atoms with van der Waals surface area (Å²) >= 11 is 0. The number of hydrogen-bond acceptors (Lipinski definition) is 3. The Balaban J connectivity index is 1.92. The number of aryl methyl sites for hydroxylation is 1. The second-order valence-corrected chi connectivity index (χ2v) is 5.39. The quantitative estimate of drug-likeness (QED) is 0.861. The largest absolute Gasteiger partial charge is 0.375 e. The van der Waals surface area contributed by atoms with E-state index < -0.39 is 0 Å². The molecule has 1 atom stereocenters. The number of hydrogen-bond donors (Lipinski definition) is 0. The first kappa shape index (κ1) is 13.3. The molecule has 1 aromatic heterocycles. The zero-order valence-electron chi connectivity index (χ0n) is 12.0. The standard InChI is InChI=1S/C16H21N3O/c1-20-15-11-7-3-6-10-14-16(15)19(18-17-14)12-13-8-4-2-5-9-13/h2,4-5,8-9,15H,3,6-7,10-12H2,1H3. The molecule has 2 aromatic rings. The monoisotopic (exact) mass is 271 g/mol. The molecule has 0 N–H and O–H groups in total. The molecule has 0 amide bonds. The minimum atomic E-state index is 0.129. The molecule has 0 fully saturated rings. The number of benzene rings is 1. The summed E-state index contributed by atoms with van der Waals surface area (Å²) in [6.07, 6.45) is 5.88. The van der Waals surface area contributed by atoms with E-state index >= 15 is 0 Å². The lowest BCUT2D eigenvalue weighted by molar-refractivity contribution is 0.0835. The molecular weight excluding hydrogens is 250 g/mol. The third kappa shape index (κ3) is 2.75. The fourth-order valence-corrected chi connectivity index (χ4v) is 2.92. The van der Waals surface area contributed by atoms with Gasteiger partial charge in [0.15, 0.2) is 0 Å². The summed E-state index contributed by atoms with van der Waals surface area (Å²) in [5, 5.41) is 8.75. The van der Waals surface area contributed by atoms with Crippen LogP contribution >= 0.6 is 0 Å². The Labute approximate surface area is 119 Å². The third-order valence-corrected chi connectivity index (χ3v) is 3.99. The first-order chi connectivity index (χ1) is 9.88. The zero-order chi connectivity index (χ0) is 13.8. The van der Waals surface area contributed by atoms with E-state index in [1.165, 1.54) is 30.5 Å². The Morgan fingerprint density at radius 2 is 2.05 bits per heavy atom. The fourth-order valence-electron chi connectivity index (χ4n) is 2.92. The smallest absolute Gasteiger partial charge is 0.101 e. The molecule has 4 heteroatoms. The number of ether oxygens (including phenoxy) is 1. The highest BCUT2D eigenvalue weighted by atomic mass is 16.5. The van der Waals surface area contributed by atoms with Crippen LogP contribution in [0.15, 0.2) is 30.3 Å². The van der Waals surface area contributed by atoms with Gasteiger partial charge in [-0.2, -0.15) is 0 Å². The molecule has 1 aliphatic carbocycles. The highest BCUT2D eigenvalue weighted by molar-refractivity contribution is 5.19. The van der Waals surface area contributed by atoms with Gasteiger partial charge in [-0.1, -0.05) is 48.4 Å². The van der Waals surface area contributed by atoms with Crippen LogP contribution in [0.4, 0.5) is 0 Å². The molecule has 0 radical (unpaired) electrons. The maximum absolute atomic E-state index is 5.69. The van der Waals surface area contributed by atoms with Gasteiger partial charge in [-0.25, -0.2) is 4.68 Å². The molecule has 106 valence electrons. The van der Waals surface area contributed by atoms with Crippen molar-refractivity contribution in [3.8, 4) is 0 Å². The molecule has 3 rings (SSSR count). The van der Waals surface area contributed by atoms with Crippen LogP contribution in [0, 0.1) is 0 Å². The second-order valence-electron chi connectivity index (χ2n) is 5.39. The summed E-state index contributed by atoms with van der Waals surface area (Å²) < 4.78 is 7.71. The molecule has 0 saturated carbocycles. The van der Waals surface area contributed by atoms with Gasteiger partial charge in [0.1, 0.15) is 6.10 Å². The Hall–Kier alpha value is -1.68. The van der Waals surface area contributed by atoms with Gasteiger partial charge in [0.2, 0.25) is 0 Å². The number of aromatic nitrogens is 3. The number of methoxy groups -OCH3 is 1. The molecule has 1 unspecified atom stereocenters. The Morgan fingerprint density at radius 1 is 1.20 bits per heavy atom. The van der Waals surface area contributed by atoms with E-state index in [0.717, 1.165) is 25.1 Å². The Bertz CT molecular complexity index is 550. The lowest BCUT2D eigenvalue weighted by Gasteiger charge is -2.20. The summed E-state index contributed by atoms with van der Waals surface area (Å²) in [7, 11) is 1.79. The molecule has 20 heavy (non-hydrogen) atoms. The topological polar surface area (TPSA) is 39.9 Å². The lowest BCUT2D eigenvalue weighted by Crippen LogP contribution is -2.15. The van der Waals surface area contributed by atoms with E-state index in [0.29, 0.717) is 0 Å². The molecule has 1 heterocycles. The highest BCUT2D eigenvalue weighted by Gasteiger charge is 2.23. The Kier molecular flexibility index (Phi) is 4.11. The highest BCUT2D eigenvalue weighted by Crippen LogP contribution is 2.29. The minimum Gasteiger partial charge on any atom is -0.375 e. The lowest BCUT2D eigenvalue weighted by atomic mass is 9.98. The first-order valence-corrected chi connectivity index (χ1v) is 7.37. The molecule has 1 aromatic carbocycles. The van der Waals surface area contributed by atoms with Gasteiger partial charge in [0, 0.05) is 7.11 Å². The summed E-state index contributed by atoms with van der Waals surface area (Å²) in [5.74, 6) is 0. The van der Waals surface area contributed by atoms with Crippen LogP contribution in [0.25, 0.3) is 0 Å². The van der Waals surface area contributed by atoms with E-state index in [1.807, 2.05) is 10.7 Å². The average molecular weight is 271 g/mol. The second kappa shape index (κ2) is 6.18. The van der Waals surface area contributed by atoms with E-state index in [4.69, 9.17) is 4.74 Å². The third-order valence-electron chi connectivity index (χ3n) is 3.99. The maximum atomic E-state index is 5.69. The number of nitrogens with zero attached hydrogens (tertiary/aromatic N) is 3. The van der Waals surface area contributed by atoms with E-state index in [1.54, 1.807) is 7.11 Å². The molecule has 0 aliphatic heterocycles. The van der Waals surface area contributed by atoms with Crippen molar-refractivity contribution in [1.82, 2.24) is 15.0 Å². The SMILES string of the molecule is COC1CCCCCc2nnn(Cc3ccccc3)c21. The van der Waals surface area contributed by atoms with E-state index in [-0.39, 0.29) is 6.10 Å². The molecule has 0 saturated heterocycles. The number of rotatable bonds is 3. The normalized spacial score (nSPS) is 19.1. The van der Waals surface area contributed by atoms with Crippen molar-refractivity contribution in [2.45, 2.75) is 44.8 Å².